The second kappa shape index (κ2) is 8.87. The van der Waals surface area contributed by atoms with E-state index in [2.05, 4.69) is 39.2 Å². The van der Waals surface area contributed by atoms with Gasteiger partial charge in [0.25, 0.3) is 0 Å². The number of hydrogen-bond acceptors (Lipinski definition) is 9. The molecule has 1 aromatic carbocycles. The standard InChI is InChI=1S/C23H26N8OS/c1-15(32)16-4-6-17(7-5-16)26-21-20-22(31(13-24-20)19-12-33-14-25-19)28-23(27-21)30(3)18-8-10-29(2)11-9-18/h4-7,12-14,18H,8-11H2,1-3H3,(H,26,27,28). The molecule has 4 heterocycles. The lowest BCUT2D eigenvalue weighted by molar-refractivity contribution is 0.101. The first-order valence-electron chi connectivity index (χ1n) is 10.9. The van der Waals surface area contributed by atoms with E-state index in [0.29, 0.717) is 34.5 Å². The Bertz CT molecular complexity index is 1260. The van der Waals surface area contributed by atoms with Crippen molar-refractivity contribution in [3.8, 4) is 5.82 Å². The molecule has 33 heavy (non-hydrogen) atoms. The minimum atomic E-state index is 0.0371. The summed E-state index contributed by atoms with van der Waals surface area (Å²) >= 11 is 1.53. The lowest BCUT2D eigenvalue weighted by Crippen LogP contribution is -2.42. The van der Waals surface area contributed by atoms with Gasteiger partial charge in [-0.25, -0.2) is 9.97 Å². The van der Waals surface area contributed by atoms with E-state index in [1.807, 2.05) is 34.2 Å². The van der Waals surface area contributed by atoms with E-state index in [1.54, 1.807) is 18.8 Å². The Labute approximate surface area is 196 Å². The molecule has 1 fully saturated rings. The summed E-state index contributed by atoms with van der Waals surface area (Å²) in [4.78, 5) is 35.0. The number of thiazole rings is 1. The highest BCUT2D eigenvalue weighted by molar-refractivity contribution is 7.07. The van der Waals surface area contributed by atoms with Crippen molar-refractivity contribution in [2.75, 3.05) is 37.4 Å². The van der Waals surface area contributed by atoms with Gasteiger partial charge in [0, 0.05) is 29.7 Å². The zero-order valence-corrected chi connectivity index (χ0v) is 19.7. The largest absolute Gasteiger partial charge is 0.341 e. The average molecular weight is 463 g/mol. The van der Waals surface area contributed by atoms with Crippen LogP contribution in [0.5, 0.6) is 0 Å². The van der Waals surface area contributed by atoms with Crippen molar-refractivity contribution >= 4 is 45.7 Å². The molecule has 0 radical (unpaired) electrons. The minimum absolute atomic E-state index is 0.0371. The van der Waals surface area contributed by atoms with Crippen LogP contribution in [0.2, 0.25) is 0 Å². The van der Waals surface area contributed by atoms with E-state index >= 15 is 0 Å². The van der Waals surface area contributed by atoms with Crippen LogP contribution in [-0.4, -0.2) is 68.4 Å². The fraction of sp³-hybridized carbons (Fsp3) is 0.348. The number of carbonyl (C=O) groups excluding carboxylic acids is 1. The molecule has 0 amide bonds. The quantitative estimate of drug-likeness (QED) is 0.433. The third-order valence-electron chi connectivity index (χ3n) is 6.16. The van der Waals surface area contributed by atoms with Crippen LogP contribution in [0.3, 0.4) is 0 Å². The fourth-order valence-corrected chi connectivity index (χ4v) is 4.62. The van der Waals surface area contributed by atoms with Crippen LogP contribution < -0.4 is 10.2 Å². The lowest BCUT2D eigenvalue weighted by Gasteiger charge is -2.35. The third-order valence-corrected chi connectivity index (χ3v) is 6.73. The molecule has 0 unspecified atom stereocenters. The number of nitrogens with zero attached hydrogens (tertiary/aromatic N) is 7. The van der Waals surface area contributed by atoms with E-state index in [0.717, 1.165) is 37.4 Å². The summed E-state index contributed by atoms with van der Waals surface area (Å²) in [5.74, 6) is 2.09. The highest BCUT2D eigenvalue weighted by Gasteiger charge is 2.24. The number of nitrogens with one attached hydrogen (secondary N) is 1. The van der Waals surface area contributed by atoms with Gasteiger partial charge in [0.05, 0.1) is 5.51 Å². The second-order valence-corrected chi connectivity index (χ2v) is 9.13. The van der Waals surface area contributed by atoms with E-state index in [4.69, 9.17) is 9.97 Å². The molecular weight excluding hydrogens is 436 g/mol. The molecule has 3 aromatic heterocycles. The van der Waals surface area contributed by atoms with Crippen LogP contribution >= 0.6 is 11.3 Å². The fourth-order valence-electron chi connectivity index (χ4n) is 4.10. The van der Waals surface area contributed by atoms with Gasteiger partial charge in [0.15, 0.2) is 28.6 Å². The van der Waals surface area contributed by atoms with Gasteiger partial charge >= 0.3 is 0 Å². The number of rotatable bonds is 6. The maximum atomic E-state index is 11.6. The van der Waals surface area contributed by atoms with E-state index in [1.165, 1.54) is 11.3 Å². The highest BCUT2D eigenvalue weighted by atomic mass is 32.1. The number of likely N-dealkylation sites (tertiary alicyclic amines) is 1. The van der Waals surface area contributed by atoms with Gasteiger partial charge < -0.3 is 15.1 Å². The Balaban J connectivity index is 1.55. The van der Waals surface area contributed by atoms with Gasteiger partial charge in [-0.15, -0.1) is 11.3 Å². The summed E-state index contributed by atoms with van der Waals surface area (Å²) in [5, 5.41) is 5.36. The predicted molar refractivity (Wildman–Crippen MR) is 131 cm³/mol. The molecule has 1 aliphatic rings. The number of anilines is 3. The number of benzene rings is 1. The molecule has 0 bridgehead atoms. The molecule has 0 saturated carbocycles. The molecule has 5 rings (SSSR count). The Morgan fingerprint density at radius 1 is 1.15 bits per heavy atom. The van der Waals surface area contributed by atoms with Crippen molar-refractivity contribution in [1.82, 2.24) is 29.4 Å². The zero-order chi connectivity index (χ0) is 22.9. The first-order chi connectivity index (χ1) is 16.0. The van der Waals surface area contributed by atoms with Gasteiger partial charge in [-0.2, -0.15) is 9.97 Å². The Morgan fingerprint density at radius 2 is 1.91 bits per heavy atom. The summed E-state index contributed by atoms with van der Waals surface area (Å²) in [6.07, 6.45) is 3.86. The van der Waals surface area contributed by atoms with Crippen LogP contribution in [0.25, 0.3) is 17.0 Å². The topological polar surface area (TPSA) is 92.1 Å². The zero-order valence-electron chi connectivity index (χ0n) is 18.9. The van der Waals surface area contributed by atoms with Gasteiger partial charge in [0.1, 0.15) is 6.33 Å². The second-order valence-electron chi connectivity index (χ2n) is 8.41. The number of carbonyl (C=O) groups is 1. The molecule has 0 spiro atoms. The van der Waals surface area contributed by atoms with Crippen LogP contribution in [0.4, 0.5) is 17.5 Å². The predicted octanol–water partition coefficient (Wildman–Crippen LogP) is 3.75. The van der Waals surface area contributed by atoms with Crippen LogP contribution in [0, 0.1) is 0 Å². The smallest absolute Gasteiger partial charge is 0.229 e. The summed E-state index contributed by atoms with van der Waals surface area (Å²) in [5.41, 5.74) is 4.66. The molecule has 0 aliphatic carbocycles. The van der Waals surface area contributed by atoms with Crippen molar-refractivity contribution in [2.45, 2.75) is 25.8 Å². The molecule has 1 aliphatic heterocycles. The van der Waals surface area contributed by atoms with E-state index in [-0.39, 0.29) is 5.78 Å². The van der Waals surface area contributed by atoms with E-state index in [9.17, 15) is 4.79 Å². The Kier molecular flexibility index (Phi) is 5.77. The lowest BCUT2D eigenvalue weighted by atomic mass is 10.0. The highest BCUT2D eigenvalue weighted by Crippen LogP contribution is 2.29. The Morgan fingerprint density at radius 3 is 2.58 bits per heavy atom. The molecule has 10 heteroatoms. The number of hydrogen-bond donors (Lipinski definition) is 1. The number of piperidine rings is 1. The normalized spacial score (nSPS) is 15.1. The average Bonchev–Trinajstić information content (AvgIpc) is 3.49. The molecule has 4 aromatic rings. The minimum Gasteiger partial charge on any atom is -0.341 e. The number of aromatic nitrogens is 5. The molecule has 0 atom stereocenters. The van der Waals surface area contributed by atoms with Crippen molar-refractivity contribution in [3.05, 3.63) is 47.0 Å². The summed E-state index contributed by atoms with van der Waals surface area (Å²) in [6.45, 7) is 3.68. The number of Topliss-reactive ketones (excluding diaryl/α,β-unsaturated/α-hetero) is 1. The summed E-state index contributed by atoms with van der Waals surface area (Å²) < 4.78 is 1.89. The van der Waals surface area contributed by atoms with Gasteiger partial charge in [-0.05, 0) is 64.2 Å². The SMILES string of the molecule is CC(=O)c1ccc(Nc2nc(N(C)C3CCN(C)CC3)nc3c2ncn3-c2cscn2)cc1. The van der Waals surface area contributed by atoms with Gasteiger partial charge in [0.2, 0.25) is 5.95 Å². The Hall–Kier alpha value is -3.37. The molecule has 1 saturated heterocycles. The monoisotopic (exact) mass is 462 g/mol. The maximum Gasteiger partial charge on any atom is 0.229 e. The summed E-state index contributed by atoms with van der Waals surface area (Å²) in [6, 6.07) is 7.74. The molecule has 9 nitrogen and oxygen atoms in total. The van der Waals surface area contributed by atoms with Crippen LogP contribution in [-0.2, 0) is 0 Å². The third kappa shape index (κ3) is 4.31. The number of fused-ring (bicyclic) bond motifs is 1. The van der Waals surface area contributed by atoms with Crippen molar-refractivity contribution in [1.29, 1.82) is 0 Å². The molecular formula is C23H26N8OS. The van der Waals surface area contributed by atoms with Crippen LogP contribution in [0.15, 0.2) is 41.5 Å². The first kappa shape index (κ1) is 21.5. The van der Waals surface area contributed by atoms with E-state index < -0.39 is 0 Å². The van der Waals surface area contributed by atoms with Gasteiger partial charge in [-0.1, -0.05) is 0 Å². The number of ketones is 1. The summed E-state index contributed by atoms with van der Waals surface area (Å²) in [7, 11) is 4.22. The number of imidazole rings is 1. The maximum absolute atomic E-state index is 11.6. The van der Waals surface area contributed by atoms with Crippen molar-refractivity contribution in [3.63, 3.8) is 0 Å². The van der Waals surface area contributed by atoms with Gasteiger partial charge in [-0.3, -0.25) is 9.36 Å². The molecule has 1 N–H and O–H groups in total. The molecule has 170 valence electrons. The first-order valence-corrected chi connectivity index (χ1v) is 11.9. The van der Waals surface area contributed by atoms with Crippen molar-refractivity contribution in [2.24, 2.45) is 0 Å². The van der Waals surface area contributed by atoms with Crippen molar-refractivity contribution < 1.29 is 4.79 Å². The van der Waals surface area contributed by atoms with Crippen LogP contribution in [0.1, 0.15) is 30.1 Å².